The Morgan fingerprint density at radius 1 is 1.32 bits per heavy atom. The summed E-state index contributed by atoms with van der Waals surface area (Å²) in [7, 11) is 0. The van der Waals surface area contributed by atoms with Gasteiger partial charge in [-0.1, -0.05) is 6.92 Å². The standard InChI is InChI=1S/C21H32N6O/c1-2-12-27-18-7-6-16(22-9-8-19-23-10-11-24-19)15-17(18)20(25-27)21(28)26-13-4-3-5-14-26/h10-11,16,22H,2-9,12-15H2,1H3,(H,23,24). The maximum atomic E-state index is 13.2. The van der Waals surface area contributed by atoms with Gasteiger partial charge >= 0.3 is 0 Å². The number of imidazole rings is 1. The molecule has 1 atom stereocenters. The molecule has 1 unspecified atom stereocenters. The second-order valence-corrected chi connectivity index (χ2v) is 8.03. The molecule has 0 bridgehead atoms. The minimum absolute atomic E-state index is 0.141. The van der Waals surface area contributed by atoms with Crippen LogP contribution in [0.3, 0.4) is 0 Å². The van der Waals surface area contributed by atoms with Gasteiger partial charge in [-0.3, -0.25) is 9.48 Å². The van der Waals surface area contributed by atoms with Crippen LogP contribution in [0.4, 0.5) is 0 Å². The van der Waals surface area contributed by atoms with E-state index in [9.17, 15) is 4.79 Å². The molecule has 2 N–H and O–H groups in total. The Morgan fingerprint density at radius 3 is 2.93 bits per heavy atom. The number of piperidine rings is 1. The van der Waals surface area contributed by atoms with Gasteiger partial charge in [0.2, 0.25) is 0 Å². The third-order valence-corrected chi connectivity index (χ3v) is 5.98. The summed E-state index contributed by atoms with van der Waals surface area (Å²) < 4.78 is 2.10. The van der Waals surface area contributed by atoms with Gasteiger partial charge in [-0.25, -0.2) is 4.98 Å². The van der Waals surface area contributed by atoms with E-state index in [1.165, 1.54) is 17.7 Å². The van der Waals surface area contributed by atoms with Crippen molar-refractivity contribution < 1.29 is 4.79 Å². The lowest BCUT2D eigenvalue weighted by Crippen LogP contribution is -2.38. The quantitative estimate of drug-likeness (QED) is 0.768. The van der Waals surface area contributed by atoms with Crippen LogP contribution in [0.2, 0.25) is 0 Å². The largest absolute Gasteiger partial charge is 0.349 e. The van der Waals surface area contributed by atoms with E-state index in [0.717, 1.165) is 76.9 Å². The highest BCUT2D eigenvalue weighted by molar-refractivity contribution is 5.94. The first-order valence-corrected chi connectivity index (χ1v) is 10.9. The highest BCUT2D eigenvalue weighted by Crippen LogP contribution is 2.27. The van der Waals surface area contributed by atoms with Gasteiger partial charge in [0.25, 0.3) is 5.91 Å². The summed E-state index contributed by atoms with van der Waals surface area (Å²) in [5.41, 5.74) is 3.18. The molecule has 2 aliphatic rings. The molecule has 4 rings (SSSR count). The zero-order chi connectivity index (χ0) is 19.3. The monoisotopic (exact) mass is 384 g/mol. The van der Waals surface area contributed by atoms with E-state index in [4.69, 9.17) is 5.10 Å². The minimum atomic E-state index is 0.141. The van der Waals surface area contributed by atoms with Crippen LogP contribution in [0.5, 0.6) is 0 Å². The average molecular weight is 385 g/mol. The van der Waals surface area contributed by atoms with Crippen molar-refractivity contribution in [2.24, 2.45) is 0 Å². The zero-order valence-electron chi connectivity index (χ0n) is 16.9. The molecule has 3 heterocycles. The molecule has 0 saturated carbocycles. The molecule has 1 aliphatic carbocycles. The summed E-state index contributed by atoms with van der Waals surface area (Å²) >= 11 is 0. The fourth-order valence-electron chi connectivity index (χ4n) is 4.51. The first-order valence-electron chi connectivity index (χ1n) is 10.9. The molecule has 1 fully saturated rings. The molecule has 0 spiro atoms. The normalized spacial score (nSPS) is 19.6. The second kappa shape index (κ2) is 8.90. The van der Waals surface area contributed by atoms with Crippen LogP contribution in [0, 0.1) is 0 Å². The number of fused-ring (bicyclic) bond motifs is 1. The van der Waals surface area contributed by atoms with E-state index in [0.29, 0.717) is 11.7 Å². The highest BCUT2D eigenvalue weighted by Gasteiger charge is 2.31. The molecular formula is C21H32N6O. The molecule has 152 valence electrons. The first-order chi connectivity index (χ1) is 13.8. The number of amides is 1. The highest BCUT2D eigenvalue weighted by atomic mass is 16.2. The SMILES string of the molecule is CCCn1nc(C(=O)N2CCCCC2)c2c1CCC(NCCc1ncc[nH]1)C2. The molecule has 2 aromatic heterocycles. The summed E-state index contributed by atoms with van der Waals surface area (Å²) in [5, 5.41) is 8.46. The van der Waals surface area contributed by atoms with Crippen molar-refractivity contribution in [1.29, 1.82) is 0 Å². The van der Waals surface area contributed by atoms with Gasteiger partial charge in [0.15, 0.2) is 5.69 Å². The molecule has 1 amide bonds. The Balaban J connectivity index is 1.47. The number of hydrogen-bond acceptors (Lipinski definition) is 4. The maximum absolute atomic E-state index is 13.2. The maximum Gasteiger partial charge on any atom is 0.274 e. The Morgan fingerprint density at radius 2 is 2.18 bits per heavy atom. The van der Waals surface area contributed by atoms with E-state index in [2.05, 4.69) is 26.9 Å². The number of aromatic amines is 1. The van der Waals surface area contributed by atoms with E-state index in [1.54, 1.807) is 6.20 Å². The molecular weight excluding hydrogens is 352 g/mol. The summed E-state index contributed by atoms with van der Waals surface area (Å²) in [5.74, 6) is 1.16. The fourth-order valence-corrected chi connectivity index (χ4v) is 4.51. The lowest BCUT2D eigenvalue weighted by Gasteiger charge is -2.27. The van der Waals surface area contributed by atoms with Crippen LogP contribution in [-0.2, 0) is 25.8 Å². The van der Waals surface area contributed by atoms with Crippen molar-refractivity contribution in [3.8, 4) is 0 Å². The number of nitrogens with zero attached hydrogens (tertiary/aromatic N) is 4. The second-order valence-electron chi connectivity index (χ2n) is 8.03. The van der Waals surface area contributed by atoms with Crippen molar-refractivity contribution in [2.75, 3.05) is 19.6 Å². The van der Waals surface area contributed by atoms with Gasteiger partial charge in [0, 0.05) is 62.3 Å². The van der Waals surface area contributed by atoms with Gasteiger partial charge in [0.1, 0.15) is 5.82 Å². The number of likely N-dealkylation sites (tertiary alicyclic amines) is 1. The fraction of sp³-hybridized carbons (Fsp3) is 0.667. The van der Waals surface area contributed by atoms with Crippen LogP contribution in [0.25, 0.3) is 0 Å². The van der Waals surface area contributed by atoms with E-state index in [1.807, 2.05) is 11.1 Å². The Hall–Kier alpha value is -2.15. The van der Waals surface area contributed by atoms with Crippen LogP contribution in [0.15, 0.2) is 12.4 Å². The Kier molecular flexibility index (Phi) is 6.10. The number of carbonyl (C=O) groups excluding carboxylic acids is 1. The lowest BCUT2D eigenvalue weighted by atomic mass is 9.90. The van der Waals surface area contributed by atoms with Crippen molar-refractivity contribution in [3.63, 3.8) is 0 Å². The van der Waals surface area contributed by atoms with Gasteiger partial charge in [-0.2, -0.15) is 5.10 Å². The predicted octanol–water partition coefficient (Wildman–Crippen LogP) is 2.33. The molecule has 1 aliphatic heterocycles. The minimum Gasteiger partial charge on any atom is -0.349 e. The van der Waals surface area contributed by atoms with Crippen molar-refractivity contribution >= 4 is 5.91 Å². The average Bonchev–Trinajstić information content (AvgIpc) is 3.37. The molecule has 1 saturated heterocycles. The number of aromatic nitrogens is 4. The van der Waals surface area contributed by atoms with Crippen LogP contribution in [-0.4, -0.2) is 56.2 Å². The van der Waals surface area contributed by atoms with Gasteiger partial charge < -0.3 is 15.2 Å². The third kappa shape index (κ3) is 4.14. The summed E-state index contributed by atoms with van der Waals surface area (Å²) in [6, 6.07) is 0.398. The van der Waals surface area contributed by atoms with Crippen LogP contribution >= 0.6 is 0 Å². The lowest BCUT2D eigenvalue weighted by molar-refractivity contribution is 0.0716. The topological polar surface area (TPSA) is 78.8 Å². The predicted molar refractivity (Wildman–Crippen MR) is 108 cm³/mol. The molecule has 28 heavy (non-hydrogen) atoms. The van der Waals surface area contributed by atoms with Crippen LogP contribution < -0.4 is 5.32 Å². The van der Waals surface area contributed by atoms with Gasteiger partial charge in [-0.05, 0) is 44.9 Å². The third-order valence-electron chi connectivity index (χ3n) is 5.98. The van der Waals surface area contributed by atoms with E-state index < -0.39 is 0 Å². The Bertz CT molecular complexity index is 775. The van der Waals surface area contributed by atoms with Crippen molar-refractivity contribution in [2.45, 2.75) is 70.9 Å². The van der Waals surface area contributed by atoms with Gasteiger partial charge in [0.05, 0.1) is 0 Å². The molecule has 7 nitrogen and oxygen atoms in total. The van der Waals surface area contributed by atoms with Crippen molar-refractivity contribution in [1.82, 2.24) is 30.0 Å². The number of rotatable bonds is 7. The number of hydrogen-bond donors (Lipinski definition) is 2. The van der Waals surface area contributed by atoms with E-state index in [-0.39, 0.29) is 5.91 Å². The number of aryl methyl sites for hydroxylation is 1. The molecule has 7 heteroatoms. The van der Waals surface area contributed by atoms with Gasteiger partial charge in [-0.15, -0.1) is 0 Å². The smallest absolute Gasteiger partial charge is 0.274 e. The summed E-state index contributed by atoms with van der Waals surface area (Å²) in [4.78, 5) is 22.6. The summed E-state index contributed by atoms with van der Waals surface area (Å²) in [6.45, 7) is 5.71. The molecule has 0 radical (unpaired) electrons. The first kappa shape index (κ1) is 19.2. The molecule has 2 aromatic rings. The van der Waals surface area contributed by atoms with Crippen molar-refractivity contribution in [3.05, 3.63) is 35.2 Å². The number of H-pyrrole nitrogens is 1. The number of carbonyl (C=O) groups is 1. The van der Waals surface area contributed by atoms with Crippen LogP contribution in [0.1, 0.15) is 66.6 Å². The zero-order valence-corrected chi connectivity index (χ0v) is 16.9. The summed E-state index contributed by atoms with van der Waals surface area (Å²) in [6.07, 6.45) is 12.0. The van der Waals surface area contributed by atoms with E-state index >= 15 is 0 Å². The Labute approximate surface area is 166 Å². The molecule has 0 aromatic carbocycles. The number of nitrogens with one attached hydrogen (secondary N) is 2.